The lowest BCUT2D eigenvalue weighted by Gasteiger charge is -2.32. The van der Waals surface area contributed by atoms with E-state index in [0.29, 0.717) is 24.5 Å². The Kier molecular flexibility index (Phi) is 6.74. The summed E-state index contributed by atoms with van der Waals surface area (Å²) in [5.41, 5.74) is 1.57. The van der Waals surface area contributed by atoms with Crippen LogP contribution in [-0.2, 0) is 0 Å². The highest BCUT2D eigenvalue weighted by atomic mass is 16.5. The van der Waals surface area contributed by atoms with Crippen molar-refractivity contribution in [1.82, 2.24) is 19.8 Å². The smallest absolute Gasteiger partial charge is 0.253 e. The number of anilines is 1. The number of hydrogen-bond acceptors (Lipinski definition) is 6. The second-order valence-electron chi connectivity index (χ2n) is 7.53. The fourth-order valence-electron chi connectivity index (χ4n) is 3.41. The number of rotatable bonds is 7. The zero-order valence-electron chi connectivity index (χ0n) is 17.7. The standard InChI is InChI=1S/C24H27N5O2/c1-28-14-16-29(17-15-28)24(30)20-9-7-19(8-10-20)23-26-12-11-22(27-23)25-13-18-31-21-5-3-2-4-6-21/h2-12H,13-18H2,1H3,(H,25,26,27). The molecule has 1 fully saturated rings. The van der Waals surface area contributed by atoms with Crippen LogP contribution >= 0.6 is 0 Å². The SMILES string of the molecule is CN1CCN(C(=O)c2ccc(-c3nccc(NCCOc4ccccc4)n3)cc2)CC1. The van der Waals surface area contributed by atoms with Crippen LogP contribution in [0.4, 0.5) is 5.82 Å². The van der Waals surface area contributed by atoms with Gasteiger partial charge in [-0.2, -0.15) is 0 Å². The fourth-order valence-corrected chi connectivity index (χ4v) is 3.41. The molecule has 1 aromatic heterocycles. The van der Waals surface area contributed by atoms with E-state index in [1.165, 1.54) is 0 Å². The number of likely N-dealkylation sites (N-methyl/N-ethyl adjacent to an activating group) is 1. The maximum atomic E-state index is 12.7. The van der Waals surface area contributed by atoms with E-state index in [2.05, 4.69) is 27.2 Å². The predicted octanol–water partition coefficient (Wildman–Crippen LogP) is 3.02. The Morgan fingerprint density at radius 1 is 1.00 bits per heavy atom. The van der Waals surface area contributed by atoms with E-state index in [-0.39, 0.29) is 5.91 Å². The summed E-state index contributed by atoms with van der Waals surface area (Å²) in [7, 11) is 2.08. The van der Waals surface area contributed by atoms with Gasteiger partial charge in [0.1, 0.15) is 18.2 Å². The Morgan fingerprint density at radius 2 is 1.74 bits per heavy atom. The summed E-state index contributed by atoms with van der Waals surface area (Å²) in [6.07, 6.45) is 1.73. The summed E-state index contributed by atoms with van der Waals surface area (Å²) in [4.78, 5) is 25.8. The van der Waals surface area contributed by atoms with Crippen LogP contribution in [-0.4, -0.2) is 72.1 Å². The van der Waals surface area contributed by atoms with Gasteiger partial charge in [0, 0.05) is 43.5 Å². The van der Waals surface area contributed by atoms with E-state index in [1.54, 1.807) is 6.20 Å². The summed E-state index contributed by atoms with van der Waals surface area (Å²) in [5, 5.41) is 3.26. The zero-order chi connectivity index (χ0) is 21.5. The molecule has 1 saturated heterocycles. The number of amides is 1. The average Bonchev–Trinajstić information content (AvgIpc) is 2.83. The van der Waals surface area contributed by atoms with Crippen molar-refractivity contribution < 1.29 is 9.53 Å². The molecule has 1 aliphatic rings. The van der Waals surface area contributed by atoms with Gasteiger partial charge in [0.2, 0.25) is 0 Å². The van der Waals surface area contributed by atoms with Gasteiger partial charge in [0.05, 0.1) is 6.54 Å². The summed E-state index contributed by atoms with van der Waals surface area (Å²) in [6, 6.07) is 19.1. The Bertz CT molecular complexity index is 986. The number of piperazine rings is 1. The minimum absolute atomic E-state index is 0.0781. The van der Waals surface area contributed by atoms with E-state index in [1.807, 2.05) is 65.6 Å². The number of ether oxygens (including phenoxy) is 1. The monoisotopic (exact) mass is 417 g/mol. The van der Waals surface area contributed by atoms with Gasteiger partial charge in [0.25, 0.3) is 5.91 Å². The molecule has 160 valence electrons. The molecule has 0 unspecified atom stereocenters. The van der Waals surface area contributed by atoms with E-state index in [0.717, 1.165) is 43.3 Å². The first-order valence-electron chi connectivity index (χ1n) is 10.5. The highest BCUT2D eigenvalue weighted by Crippen LogP contribution is 2.18. The van der Waals surface area contributed by atoms with Crippen LogP contribution in [0.15, 0.2) is 66.9 Å². The Labute approximate surface area is 182 Å². The van der Waals surface area contributed by atoms with Gasteiger partial charge >= 0.3 is 0 Å². The van der Waals surface area contributed by atoms with Crippen molar-refractivity contribution in [3.8, 4) is 17.1 Å². The van der Waals surface area contributed by atoms with Gasteiger partial charge in [-0.25, -0.2) is 9.97 Å². The maximum Gasteiger partial charge on any atom is 0.253 e. The van der Waals surface area contributed by atoms with Crippen molar-refractivity contribution in [1.29, 1.82) is 0 Å². The van der Waals surface area contributed by atoms with Crippen molar-refractivity contribution in [2.75, 3.05) is 51.7 Å². The minimum Gasteiger partial charge on any atom is -0.492 e. The van der Waals surface area contributed by atoms with E-state index in [9.17, 15) is 4.79 Å². The number of nitrogens with zero attached hydrogens (tertiary/aromatic N) is 4. The van der Waals surface area contributed by atoms with Crippen LogP contribution in [0.2, 0.25) is 0 Å². The Hall–Kier alpha value is -3.45. The maximum absolute atomic E-state index is 12.7. The van der Waals surface area contributed by atoms with Crippen molar-refractivity contribution in [2.45, 2.75) is 0 Å². The van der Waals surface area contributed by atoms with E-state index < -0.39 is 0 Å². The van der Waals surface area contributed by atoms with Crippen LogP contribution in [0.3, 0.4) is 0 Å². The molecule has 0 radical (unpaired) electrons. The van der Waals surface area contributed by atoms with Crippen LogP contribution in [0.5, 0.6) is 5.75 Å². The third kappa shape index (κ3) is 5.58. The summed E-state index contributed by atoms with van der Waals surface area (Å²) >= 11 is 0. The Morgan fingerprint density at radius 3 is 2.48 bits per heavy atom. The molecule has 0 aliphatic carbocycles. The van der Waals surface area contributed by atoms with Crippen molar-refractivity contribution >= 4 is 11.7 Å². The second-order valence-corrected chi connectivity index (χ2v) is 7.53. The number of aromatic nitrogens is 2. The molecular formula is C24H27N5O2. The quantitative estimate of drug-likeness (QED) is 0.596. The molecule has 2 aromatic carbocycles. The molecule has 2 heterocycles. The third-order valence-electron chi connectivity index (χ3n) is 5.26. The molecule has 4 rings (SSSR count). The van der Waals surface area contributed by atoms with Crippen molar-refractivity contribution in [3.05, 3.63) is 72.4 Å². The number of hydrogen-bond donors (Lipinski definition) is 1. The summed E-state index contributed by atoms with van der Waals surface area (Å²) < 4.78 is 5.69. The van der Waals surface area contributed by atoms with Gasteiger partial charge in [-0.05, 0) is 37.4 Å². The van der Waals surface area contributed by atoms with Crippen LogP contribution in [0, 0.1) is 0 Å². The summed E-state index contributed by atoms with van der Waals surface area (Å²) in [6.45, 7) is 4.52. The third-order valence-corrected chi connectivity index (χ3v) is 5.26. The van der Waals surface area contributed by atoms with Crippen LogP contribution in [0.25, 0.3) is 11.4 Å². The molecule has 0 atom stereocenters. The number of benzene rings is 2. The average molecular weight is 418 g/mol. The molecular weight excluding hydrogens is 390 g/mol. The highest BCUT2D eigenvalue weighted by Gasteiger charge is 2.20. The lowest BCUT2D eigenvalue weighted by atomic mass is 10.1. The van der Waals surface area contributed by atoms with Gasteiger partial charge < -0.3 is 19.9 Å². The molecule has 0 spiro atoms. The molecule has 3 aromatic rings. The number of carbonyl (C=O) groups is 1. The van der Waals surface area contributed by atoms with Crippen molar-refractivity contribution in [3.63, 3.8) is 0 Å². The number of nitrogens with one attached hydrogen (secondary N) is 1. The molecule has 1 N–H and O–H groups in total. The number of para-hydroxylation sites is 1. The first-order valence-corrected chi connectivity index (χ1v) is 10.5. The minimum atomic E-state index is 0.0781. The molecule has 0 saturated carbocycles. The topological polar surface area (TPSA) is 70.6 Å². The highest BCUT2D eigenvalue weighted by molar-refractivity contribution is 5.94. The van der Waals surface area contributed by atoms with Crippen molar-refractivity contribution in [2.24, 2.45) is 0 Å². The zero-order valence-corrected chi connectivity index (χ0v) is 17.7. The van der Waals surface area contributed by atoms with E-state index in [4.69, 9.17) is 4.74 Å². The first-order chi connectivity index (χ1) is 15.2. The summed E-state index contributed by atoms with van der Waals surface area (Å²) in [5.74, 6) is 2.28. The number of carbonyl (C=O) groups excluding carboxylic acids is 1. The second kappa shape index (κ2) is 10.0. The predicted molar refractivity (Wildman–Crippen MR) is 121 cm³/mol. The molecule has 0 bridgehead atoms. The largest absolute Gasteiger partial charge is 0.492 e. The Balaban J connectivity index is 1.33. The molecule has 7 nitrogen and oxygen atoms in total. The van der Waals surface area contributed by atoms with Gasteiger partial charge in [0.15, 0.2) is 5.82 Å². The van der Waals surface area contributed by atoms with E-state index >= 15 is 0 Å². The normalized spacial score (nSPS) is 14.3. The molecule has 1 aliphatic heterocycles. The molecule has 7 heteroatoms. The van der Waals surface area contributed by atoms with Gasteiger partial charge in [-0.1, -0.05) is 30.3 Å². The lowest BCUT2D eigenvalue weighted by molar-refractivity contribution is 0.0664. The first kappa shape index (κ1) is 20.8. The fraction of sp³-hybridized carbons (Fsp3) is 0.292. The van der Waals surface area contributed by atoms with Gasteiger partial charge in [-0.3, -0.25) is 4.79 Å². The van der Waals surface area contributed by atoms with Gasteiger partial charge in [-0.15, -0.1) is 0 Å². The lowest BCUT2D eigenvalue weighted by Crippen LogP contribution is -2.47. The molecule has 1 amide bonds. The molecule has 31 heavy (non-hydrogen) atoms. The van der Waals surface area contributed by atoms with Crippen LogP contribution < -0.4 is 10.1 Å². The van der Waals surface area contributed by atoms with Crippen LogP contribution in [0.1, 0.15) is 10.4 Å².